The Kier molecular flexibility index (Phi) is 6.81. The summed E-state index contributed by atoms with van der Waals surface area (Å²) in [6, 6.07) is 17.2. The highest BCUT2D eigenvalue weighted by Gasteiger charge is 2.24. The van der Waals surface area contributed by atoms with Crippen LogP contribution in [0.3, 0.4) is 0 Å². The van der Waals surface area contributed by atoms with E-state index in [0.717, 1.165) is 30.1 Å². The Morgan fingerprint density at radius 3 is 2.67 bits per heavy atom. The predicted molar refractivity (Wildman–Crippen MR) is 116 cm³/mol. The molecule has 2 heterocycles. The number of nitrogens with one attached hydrogen (secondary N) is 1. The van der Waals surface area contributed by atoms with Crippen LogP contribution in [0.5, 0.6) is 0 Å². The van der Waals surface area contributed by atoms with E-state index in [9.17, 15) is 9.18 Å². The first-order valence-electron chi connectivity index (χ1n) is 10.3. The van der Waals surface area contributed by atoms with Crippen molar-refractivity contribution in [3.63, 3.8) is 0 Å². The zero-order valence-corrected chi connectivity index (χ0v) is 17.6. The van der Waals surface area contributed by atoms with Crippen molar-refractivity contribution in [2.45, 2.75) is 44.8 Å². The molecule has 156 valence electrons. The van der Waals surface area contributed by atoms with E-state index in [1.54, 1.807) is 12.1 Å². The maximum absolute atomic E-state index is 13.0. The third-order valence-corrected chi connectivity index (χ3v) is 6.34. The largest absolute Gasteiger partial charge is 0.346 e. The second-order valence-electron chi connectivity index (χ2n) is 7.62. The van der Waals surface area contributed by atoms with E-state index in [1.807, 2.05) is 6.07 Å². The van der Waals surface area contributed by atoms with Gasteiger partial charge in [0.1, 0.15) is 10.8 Å². The van der Waals surface area contributed by atoms with Crippen molar-refractivity contribution >= 4 is 17.2 Å². The number of rotatable bonds is 7. The average Bonchev–Trinajstić information content (AvgIpc) is 3.24. The molecule has 1 saturated heterocycles. The van der Waals surface area contributed by atoms with E-state index in [2.05, 4.69) is 44.7 Å². The number of likely N-dealkylation sites (tertiary alicyclic amines) is 1. The summed E-state index contributed by atoms with van der Waals surface area (Å²) in [5.41, 5.74) is 2.19. The molecule has 1 unspecified atom stereocenters. The van der Waals surface area contributed by atoms with Gasteiger partial charge in [0.15, 0.2) is 0 Å². The SMILES string of the molecule is O=C(NCc1ccc(F)cc1)c1nnc(CN2CCCCC2Cc2ccccc2)s1. The summed E-state index contributed by atoms with van der Waals surface area (Å²) >= 11 is 1.34. The van der Waals surface area contributed by atoms with Crippen LogP contribution in [0.1, 0.15) is 45.2 Å². The normalized spacial score (nSPS) is 17.0. The molecule has 0 aliphatic carbocycles. The summed E-state index contributed by atoms with van der Waals surface area (Å²) in [6.07, 6.45) is 4.65. The minimum absolute atomic E-state index is 0.248. The Hall–Kier alpha value is -2.64. The minimum Gasteiger partial charge on any atom is -0.346 e. The number of carbonyl (C=O) groups is 1. The van der Waals surface area contributed by atoms with Crippen molar-refractivity contribution in [1.29, 1.82) is 0 Å². The van der Waals surface area contributed by atoms with Crippen LogP contribution in [-0.4, -0.2) is 33.6 Å². The van der Waals surface area contributed by atoms with Crippen LogP contribution in [0.15, 0.2) is 54.6 Å². The number of carbonyl (C=O) groups excluding carboxylic acids is 1. The molecule has 4 rings (SSSR count). The van der Waals surface area contributed by atoms with Gasteiger partial charge in [-0.3, -0.25) is 9.69 Å². The highest BCUT2D eigenvalue weighted by Crippen LogP contribution is 2.24. The minimum atomic E-state index is -0.290. The van der Waals surface area contributed by atoms with Crippen molar-refractivity contribution in [3.05, 3.63) is 81.6 Å². The Labute approximate surface area is 180 Å². The van der Waals surface area contributed by atoms with Crippen molar-refractivity contribution in [1.82, 2.24) is 20.4 Å². The van der Waals surface area contributed by atoms with Gasteiger partial charge in [-0.2, -0.15) is 0 Å². The summed E-state index contributed by atoms with van der Waals surface area (Å²) < 4.78 is 13.0. The highest BCUT2D eigenvalue weighted by molar-refractivity contribution is 7.13. The van der Waals surface area contributed by atoms with E-state index < -0.39 is 0 Å². The standard InChI is InChI=1S/C23H25FN4OS/c24-19-11-9-18(10-12-19)15-25-22(29)23-27-26-21(30-23)16-28-13-5-4-8-20(28)14-17-6-2-1-3-7-17/h1-3,6-7,9-12,20H,4-5,8,13-16H2,(H,25,29). The summed E-state index contributed by atoms with van der Waals surface area (Å²) in [4.78, 5) is 14.9. The molecule has 0 spiro atoms. The molecule has 30 heavy (non-hydrogen) atoms. The summed E-state index contributed by atoms with van der Waals surface area (Å²) in [5, 5.41) is 12.4. The Balaban J connectivity index is 1.34. The number of piperidine rings is 1. The molecule has 7 heteroatoms. The molecule has 0 saturated carbocycles. The van der Waals surface area contributed by atoms with E-state index in [4.69, 9.17) is 0 Å². The first-order valence-corrected chi connectivity index (χ1v) is 11.1. The van der Waals surface area contributed by atoms with Crippen LogP contribution in [0.25, 0.3) is 0 Å². The molecule has 1 aromatic heterocycles. The van der Waals surface area contributed by atoms with Crippen LogP contribution in [0.2, 0.25) is 0 Å². The van der Waals surface area contributed by atoms with Gasteiger partial charge in [0.05, 0.1) is 6.54 Å². The molecule has 1 N–H and O–H groups in total. The maximum Gasteiger partial charge on any atom is 0.282 e. The maximum atomic E-state index is 13.0. The topological polar surface area (TPSA) is 58.1 Å². The fourth-order valence-electron chi connectivity index (χ4n) is 3.83. The number of halogens is 1. The number of benzene rings is 2. The Morgan fingerprint density at radius 1 is 1.07 bits per heavy atom. The van der Waals surface area contributed by atoms with E-state index >= 15 is 0 Å². The predicted octanol–water partition coefficient (Wildman–Crippen LogP) is 4.20. The van der Waals surface area contributed by atoms with Gasteiger partial charge in [-0.05, 0) is 49.1 Å². The summed E-state index contributed by atoms with van der Waals surface area (Å²) in [6.45, 7) is 2.10. The lowest BCUT2D eigenvalue weighted by Crippen LogP contribution is -2.40. The Morgan fingerprint density at radius 2 is 1.87 bits per heavy atom. The molecule has 0 bridgehead atoms. The van der Waals surface area contributed by atoms with Crippen molar-refractivity contribution in [3.8, 4) is 0 Å². The Bertz CT molecular complexity index is 961. The lowest BCUT2D eigenvalue weighted by molar-refractivity contribution is 0.0950. The van der Waals surface area contributed by atoms with Gasteiger partial charge in [0.2, 0.25) is 5.01 Å². The van der Waals surface area contributed by atoms with E-state index in [-0.39, 0.29) is 11.7 Å². The van der Waals surface area contributed by atoms with E-state index in [1.165, 1.54) is 48.3 Å². The van der Waals surface area contributed by atoms with Crippen LogP contribution >= 0.6 is 11.3 Å². The third kappa shape index (κ3) is 5.49. The fourth-order valence-corrected chi connectivity index (χ4v) is 4.61. The number of hydrogen-bond donors (Lipinski definition) is 1. The van der Waals surface area contributed by atoms with Crippen LogP contribution in [0, 0.1) is 5.82 Å². The second-order valence-corrected chi connectivity index (χ2v) is 8.68. The molecule has 1 aliphatic heterocycles. The molecular formula is C23H25FN4OS. The van der Waals surface area contributed by atoms with Crippen LogP contribution < -0.4 is 5.32 Å². The summed E-state index contributed by atoms with van der Waals surface area (Å²) in [5.74, 6) is -0.537. The van der Waals surface area contributed by atoms with Crippen LogP contribution in [-0.2, 0) is 19.5 Å². The zero-order chi connectivity index (χ0) is 20.8. The molecule has 1 atom stereocenters. The molecule has 1 amide bonds. The number of nitrogens with zero attached hydrogens (tertiary/aromatic N) is 3. The first-order chi connectivity index (χ1) is 14.7. The molecule has 5 nitrogen and oxygen atoms in total. The molecule has 3 aromatic rings. The van der Waals surface area contributed by atoms with Gasteiger partial charge in [0.25, 0.3) is 5.91 Å². The number of hydrogen-bond acceptors (Lipinski definition) is 5. The third-order valence-electron chi connectivity index (χ3n) is 5.43. The summed E-state index contributed by atoms with van der Waals surface area (Å²) in [7, 11) is 0. The second kappa shape index (κ2) is 9.91. The zero-order valence-electron chi connectivity index (χ0n) is 16.8. The number of amides is 1. The molecule has 2 aromatic carbocycles. The average molecular weight is 425 g/mol. The first kappa shape index (κ1) is 20.6. The van der Waals surface area contributed by atoms with Gasteiger partial charge in [-0.15, -0.1) is 10.2 Å². The molecule has 1 fully saturated rings. The lowest BCUT2D eigenvalue weighted by Gasteiger charge is -2.35. The van der Waals surface area contributed by atoms with Gasteiger partial charge < -0.3 is 5.32 Å². The lowest BCUT2D eigenvalue weighted by atomic mass is 9.96. The van der Waals surface area contributed by atoms with Gasteiger partial charge in [-0.25, -0.2) is 4.39 Å². The van der Waals surface area contributed by atoms with Crippen molar-refractivity contribution in [2.75, 3.05) is 6.54 Å². The molecular weight excluding hydrogens is 399 g/mol. The van der Waals surface area contributed by atoms with Gasteiger partial charge in [0, 0.05) is 12.6 Å². The van der Waals surface area contributed by atoms with Crippen molar-refractivity contribution in [2.24, 2.45) is 0 Å². The quantitative estimate of drug-likeness (QED) is 0.617. The van der Waals surface area contributed by atoms with Gasteiger partial charge >= 0.3 is 0 Å². The number of aromatic nitrogens is 2. The van der Waals surface area contributed by atoms with Crippen molar-refractivity contribution < 1.29 is 9.18 Å². The highest BCUT2D eigenvalue weighted by atomic mass is 32.1. The molecule has 0 radical (unpaired) electrons. The van der Waals surface area contributed by atoms with Gasteiger partial charge in [-0.1, -0.05) is 60.2 Å². The van der Waals surface area contributed by atoms with E-state index in [0.29, 0.717) is 17.6 Å². The smallest absolute Gasteiger partial charge is 0.282 e. The monoisotopic (exact) mass is 424 g/mol. The van der Waals surface area contributed by atoms with Crippen LogP contribution in [0.4, 0.5) is 4.39 Å². The fraction of sp³-hybridized carbons (Fsp3) is 0.348. The molecule has 1 aliphatic rings.